The molecule has 2 aromatic rings. The first-order chi connectivity index (χ1) is 6.74. The summed E-state index contributed by atoms with van der Waals surface area (Å²) in [6.07, 6.45) is 3.42. The molecule has 0 aliphatic heterocycles. The normalized spacial score (nSPS) is 10.4. The van der Waals surface area contributed by atoms with E-state index in [4.69, 9.17) is 0 Å². The Balaban J connectivity index is 2.15. The second-order valence-electron chi connectivity index (χ2n) is 2.39. The molecule has 2 aromatic heterocycles. The van der Waals surface area contributed by atoms with Crippen molar-refractivity contribution in [2.75, 3.05) is 0 Å². The summed E-state index contributed by atoms with van der Waals surface area (Å²) in [6.45, 7) is 1.86. The molecule has 0 saturated heterocycles. The second kappa shape index (κ2) is 4.33. The van der Waals surface area contributed by atoms with Crippen LogP contribution in [0.2, 0.25) is 0 Å². The monoisotopic (exact) mass is 288 g/mol. The molecule has 0 fully saturated rings. The first-order valence-electron chi connectivity index (χ1n) is 3.70. The second-order valence-corrected chi connectivity index (χ2v) is 5.28. The number of nitrogens with zero attached hydrogens (tertiary/aromatic N) is 4. The Morgan fingerprint density at radius 3 is 2.64 bits per heavy atom. The molecule has 2 heterocycles. The fraction of sp³-hybridized carbons (Fsp3) is 0.143. The number of hydrogen-bond acceptors (Lipinski definition) is 6. The molecule has 0 aromatic carbocycles. The maximum absolute atomic E-state index is 4.21. The average Bonchev–Trinajstić information content (AvgIpc) is 2.56. The fourth-order valence-corrected chi connectivity index (χ4v) is 2.41. The van der Waals surface area contributed by atoms with E-state index in [2.05, 4.69) is 35.3 Å². The van der Waals surface area contributed by atoms with Gasteiger partial charge in [-0.05, 0) is 46.1 Å². The van der Waals surface area contributed by atoms with Crippen LogP contribution in [0.5, 0.6) is 0 Å². The van der Waals surface area contributed by atoms with E-state index in [1.165, 1.54) is 23.3 Å². The third-order valence-corrected chi connectivity index (χ3v) is 3.43. The van der Waals surface area contributed by atoms with Crippen molar-refractivity contribution in [3.63, 3.8) is 0 Å². The number of hydrogen-bond donors (Lipinski definition) is 0. The maximum atomic E-state index is 4.21. The van der Waals surface area contributed by atoms with Gasteiger partial charge in [0.15, 0.2) is 9.50 Å². The van der Waals surface area contributed by atoms with E-state index in [0.29, 0.717) is 5.16 Å². The number of aromatic nitrogens is 4. The standard InChI is InChI=1S/C7H5BrN4S2/c1-4-11-7(14-12-4)13-6-9-2-5(8)3-10-6/h2-3H,1H3. The zero-order valence-electron chi connectivity index (χ0n) is 7.14. The highest BCUT2D eigenvalue weighted by molar-refractivity contribution is 9.10. The van der Waals surface area contributed by atoms with Crippen molar-refractivity contribution in [2.24, 2.45) is 0 Å². The Hall–Kier alpha value is -0.530. The maximum Gasteiger partial charge on any atom is 0.194 e. The summed E-state index contributed by atoms with van der Waals surface area (Å²) in [5.41, 5.74) is 0. The predicted octanol–water partition coefficient (Wildman–Crippen LogP) is 2.55. The molecule has 0 atom stereocenters. The third kappa shape index (κ3) is 2.49. The molecule has 0 unspecified atom stereocenters. The predicted molar refractivity (Wildman–Crippen MR) is 58.5 cm³/mol. The van der Waals surface area contributed by atoms with E-state index in [0.717, 1.165) is 14.6 Å². The van der Waals surface area contributed by atoms with E-state index in [1.807, 2.05) is 6.92 Å². The SMILES string of the molecule is Cc1nsc(Sc2ncc(Br)cn2)n1. The van der Waals surface area contributed by atoms with Gasteiger partial charge in [-0.3, -0.25) is 0 Å². The number of halogens is 1. The van der Waals surface area contributed by atoms with E-state index in [9.17, 15) is 0 Å². The highest BCUT2D eigenvalue weighted by atomic mass is 79.9. The highest BCUT2D eigenvalue weighted by Crippen LogP contribution is 2.25. The molecule has 0 N–H and O–H groups in total. The van der Waals surface area contributed by atoms with E-state index in [1.54, 1.807) is 12.4 Å². The number of aryl methyl sites for hydroxylation is 1. The topological polar surface area (TPSA) is 51.6 Å². The first kappa shape index (κ1) is 10.0. The van der Waals surface area contributed by atoms with Crippen molar-refractivity contribution in [3.8, 4) is 0 Å². The van der Waals surface area contributed by atoms with Crippen LogP contribution in [0.1, 0.15) is 5.82 Å². The highest BCUT2D eigenvalue weighted by Gasteiger charge is 2.04. The fourth-order valence-electron chi connectivity index (χ4n) is 0.751. The molecule has 0 amide bonds. The van der Waals surface area contributed by atoms with Crippen LogP contribution in [0.15, 0.2) is 26.4 Å². The van der Waals surface area contributed by atoms with Gasteiger partial charge in [0, 0.05) is 12.4 Å². The summed E-state index contributed by atoms with van der Waals surface area (Å²) in [6, 6.07) is 0. The zero-order valence-corrected chi connectivity index (χ0v) is 10.4. The molecule has 4 nitrogen and oxygen atoms in total. The van der Waals surface area contributed by atoms with E-state index in [-0.39, 0.29) is 0 Å². The lowest BCUT2D eigenvalue weighted by Gasteiger charge is -1.93. The average molecular weight is 289 g/mol. The molecule has 72 valence electrons. The summed E-state index contributed by atoms with van der Waals surface area (Å²) < 4.78 is 5.81. The van der Waals surface area contributed by atoms with Crippen molar-refractivity contribution in [2.45, 2.75) is 16.4 Å². The Bertz CT molecular complexity index is 428. The van der Waals surface area contributed by atoms with Gasteiger partial charge in [0.1, 0.15) is 5.82 Å². The van der Waals surface area contributed by atoms with Gasteiger partial charge in [0.2, 0.25) is 0 Å². The largest absolute Gasteiger partial charge is 0.230 e. The summed E-state index contributed by atoms with van der Waals surface area (Å²) in [4.78, 5) is 12.5. The van der Waals surface area contributed by atoms with Gasteiger partial charge in [-0.15, -0.1) is 0 Å². The molecule has 0 bridgehead atoms. The molecule has 14 heavy (non-hydrogen) atoms. The van der Waals surface area contributed by atoms with E-state index >= 15 is 0 Å². The van der Waals surface area contributed by atoms with Crippen molar-refractivity contribution < 1.29 is 0 Å². The van der Waals surface area contributed by atoms with Gasteiger partial charge in [-0.25, -0.2) is 15.0 Å². The molecule has 0 spiro atoms. The van der Waals surface area contributed by atoms with E-state index < -0.39 is 0 Å². The van der Waals surface area contributed by atoms with Crippen molar-refractivity contribution in [1.29, 1.82) is 0 Å². The summed E-state index contributed by atoms with van der Waals surface area (Å²) in [7, 11) is 0. The van der Waals surface area contributed by atoms with Crippen LogP contribution in [0.4, 0.5) is 0 Å². The molecule has 0 aliphatic rings. The summed E-state index contributed by atoms with van der Waals surface area (Å²) >= 11 is 6.05. The molecule has 0 aliphatic carbocycles. The summed E-state index contributed by atoms with van der Waals surface area (Å²) in [5.74, 6) is 0.787. The van der Waals surface area contributed by atoms with Crippen molar-refractivity contribution in [1.82, 2.24) is 19.3 Å². The van der Waals surface area contributed by atoms with Crippen LogP contribution in [-0.2, 0) is 0 Å². The molecular weight excluding hydrogens is 284 g/mol. The summed E-state index contributed by atoms with van der Waals surface area (Å²) in [5, 5.41) is 0.685. The van der Waals surface area contributed by atoms with Crippen molar-refractivity contribution in [3.05, 3.63) is 22.7 Å². The molecule has 0 saturated carbocycles. The lowest BCUT2D eigenvalue weighted by atomic mass is 10.7. The lowest BCUT2D eigenvalue weighted by Crippen LogP contribution is -1.84. The van der Waals surface area contributed by atoms with Gasteiger partial charge in [-0.2, -0.15) is 4.37 Å². The minimum atomic E-state index is 0.685. The molecular formula is C7H5BrN4S2. The first-order valence-corrected chi connectivity index (χ1v) is 6.08. The third-order valence-electron chi connectivity index (χ3n) is 1.28. The Labute approximate surface area is 97.5 Å². The molecule has 2 rings (SSSR count). The van der Waals surface area contributed by atoms with Gasteiger partial charge in [0.05, 0.1) is 4.47 Å². The van der Waals surface area contributed by atoms with Gasteiger partial charge in [-0.1, -0.05) is 0 Å². The smallest absolute Gasteiger partial charge is 0.194 e. The Morgan fingerprint density at radius 2 is 2.07 bits per heavy atom. The number of rotatable bonds is 2. The minimum absolute atomic E-state index is 0.685. The molecule has 0 radical (unpaired) electrons. The van der Waals surface area contributed by atoms with Crippen molar-refractivity contribution >= 4 is 39.2 Å². The van der Waals surface area contributed by atoms with Gasteiger partial charge >= 0.3 is 0 Å². The van der Waals surface area contributed by atoms with Crippen LogP contribution in [0, 0.1) is 6.92 Å². The van der Waals surface area contributed by atoms with Crippen LogP contribution < -0.4 is 0 Å². The minimum Gasteiger partial charge on any atom is -0.230 e. The van der Waals surface area contributed by atoms with Crippen LogP contribution in [0.3, 0.4) is 0 Å². The Kier molecular flexibility index (Phi) is 3.09. The quantitative estimate of drug-likeness (QED) is 0.795. The molecule has 7 heteroatoms. The van der Waals surface area contributed by atoms with Crippen LogP contribution in [0.25, 0.3) is 0 Å². The van der Waals surface area contributed by atoms with Gasteiger partial charge in [0.25, 0.3) is 0 Å². The zero-order chi connectivity index (χ0) is 9.97. The Morgan fingerprint density at radius 1 is 1.36 bits per heavy atom. The van der Waals surface area contributed by atoms with Crippen LogP contribution >= 0.6 is 39.2 Å². The van der Waals surface area contributed by atoms with Crippen LogP contribution in [-0.4, -0.2) is 19.3 Å². The van der Waals surface area contributed by atoms with Gasteiger partial charge < -0.3 is 0 Å². The lowest BCUT2D eigenvalue weighted by molar-refractivity contribution is 0.955.